The van der Waals surface area contributed by atoms with Crippen LogP contribution in [0.15, 0.2) is 23.3 Å². The monoisotopic (exact) mass is 279 g/mol. The molecule has 1 aliphatic heterocycles. The van der Waals surface area contributed by atoms with Crippen molar-refractivity contribution in [1.29, 1.82) is 0 Å². The highest BCUT2D eigenvalue weighted by atomic mass is 16.1. The van der Waals surface area contributed by atoms with E-state index < -0.39 is 0 Å². The highest BCUT2D eigenvalue weighted by molar-refractivity contribution is 5.94. The van der Waals surface area contributed by atoms with Gasteiger partial charge < -0.3 is 9.88 Å². The molecule has 1 saturated carbocycles. The predicted octanol–water partition coefficient (Wildman–Crippen LogP) is 2.28. The summed E-state index contributed by atoms with van der Waals surface area (Å²) in [5, 5.41) is 0.990. The topological polar surface area (TPSA) is 49.0 Å². The molecular formula is C17H17N3O. The average Bonchev–Trinajstić information content (AvgIpc) is 3.26. The molecule has 3 heterocycles. The number of fused-ring (bicyclic) bond motifs is 1. The number of aromatic amines is 1. The minimum atomic E-state index is -0.195. The SMILES string of the molecule is C#Cc1c(N2CCC3(CC2)CC3)c2ccncc2[nH]c1=O. The Morgan fingerprint density at radius 3 is 2.71 bits per heavy atom. The van der Waals surface area contributed by atoms with Gasteiger partial charge in [0.1, 0.15) is 5.56 Å². The molecule has 1 N–H and O–H groups in total. The Bertz CT molecular complexity index is 801. The average molecular weight is 279 g/mol. The van der Waals surface area contributed by atoms with Crippen molar-refractivity contribution in [2.24, 2.45) is 5.41 Å². The second-order valence-electron chi connectivity index (χ2n) is 6.23. The summed E-state index contributed by atoms with van der Waals surface area (Å²) >= 11 is 0. The Balaban J connectivity index is 1.86. The quantitative estimate of drug-likeness (QED) is 0.815. The number of H-pyrrole nitrogens is 1. The van der Waals surface area contributed by atoms with E-state index in [1.165, 1.54) is 25.7 Å². The molecule has 106 valence electrons. The first kappa shape index (κ1) is 12.5. The van der Waals surface area contributed by atoms with Crippen LogP contribution in [0.2, 0.25) is 0 Å². The maximum Gasteiger partial charge on any atom is 0.266 e. The molecule has 2 aliphatic rings. The third kappa shape index (κ3) is 1.92. The van der Waals surface area contributed by atoms with Crippen molar-refractivity contribution < 1.29 is 0 Å². The zero-order valence-corrected chi connectivity index (χ0v) is 11.9. The smallest absolute Gasteiger partial charge is 0.266 e. The van der Waals surface area contributed by atoms with Gasteiger partial charge in [-0.1, -0.05) is 5.92 Å². The van der Waals surface area contributed by atoms with Crippen LogP contribution in [0.3, 0.4) is 0 Å². The third-order valence-corrected chi connectivity index (χ3v) is 5.03. The summed E-state index contributed by atoms with van der Waals surface area (Å²) in [4.78, 5) is 21.4. The Morgan fingerprint density at radius 2 is 2.05 bits per heavy atom. The number of piperidine rings is 1. The number of hydrogen-bond donors (Lipinski definition) is 1. The van der Waals surface area contributed by atoms with Gasteiger partial charge in [0.25, 0.3) is 5.56 Å². The predicted molar refractivity (Wildman–Crippen MR) is 83.4 cm³/mol. The summed E-state index contributed by atoms with van der Waals surface area (Å²) in [7, 11) is 0. The van der Waals surface area contributed by atoms with Crippen LogP contribution in [0, 0.1) is 17.8 Å². The van der Waals surface area contributed by atoms with E-state index >= 15 is 0 Å². The lowest BCUT2D eigenvalue weighted by atomic mass is 9.92. The van der Waals surface area contributed by atoms with E-state index in [1.807, 2.05) is 6.07 Å². The van der Waals surface area contributed by atoms with Crippen LogP contribution in [0.4, 0.5) is 5.69 Å². The van der Waals surface area contributed by atoms with Crippen molar-refractivity contribution >= 4 is 16.6 Å². The minimum Gasteiger partial charge on any atom is -0.370 e. The molecule has 0 radical (unpaired) electrons. The summed E-state index contributed by atoms with van der Waals surface area (Å²) < 4.78 is 0. The molecule has 0 atom stereocenters. The molecule has 1 spiro atoms. The van der Waals surface area contributed by atoms with Crippen LogP contribution in [0.1, 0.15) is 31.2 Å². The largest absolute Gasteiger partial charge is 0.370 e. The summed E-state index contributed by atoms with van der Waals surface area (Å²) in [6.07, 6.45) is 14.2. The second-order valence-corrected chi connectivity index (χ2v) is 6.23. The number of pyridine rings is 2. The van der Waals surface area contributed by atoms with Crippen molar-refractivity contribution in [2.45, 2.75) is 25.7 Å². The number of nitrogens with zero attached hydrogens (tertiary/aromatic N) is 2. The van der Waals surface area contributed by atoms with Crippen LogP contribution < -0.4 is 10.5 Å². The molecule has 21 heavy (non-hydrogen) atoms. The fraction of sp³-hybridized carbons (Fsp3) is 0.412. The first-order valence-electron chi connectivity index (χ1n) is 7.44. The van der Waals surface area contributed by atoms with Crippen LogP contribution in [-0.2, 0) is 0 Å². The van der Waals surface area contributed by atoms with Gasteiger partial charge >= 0.3 is 0 Å². The number of rotatable bonds is 1. The molecule has 4 heteroatoms. The van der Waals surface area contributed by atoms with Crippen molar-refractivity contribution in [3.8, 4) is 12.3 Å². The van der Waals surface area contributed by atoms with Gasteiger partial charge in [-0.15, -0.1) is 6.42 Å². The van der Waals surface area contributed by atoms with E-state index in [1.54, 1.807) is 12.4 Å². The number of nitrogens with one attached hydrogen (secondary N) is 1. The van der Waals surface area contributed by atoms with Crippen molar-refractivity contribution in [2.75, 3.05) is 18.0 Å². The number of hydrogen-bond acceptors (Lipinski definition) is 3. The molecule has 0 aromatic carbocycles. The summed E-state index contributed by atoms with van der Waals surface area (Å²) in [5.41, 5.74) is 2.52. The molecule has 1 saturated heterocycles. The maximum absolute atomic E-state index is 12.2. The standard InChI is InChI=1S/C17H17N3O/c1-2-12-15(20-9-6-17(4-5-17)7-10-20)13-3-8-18-11-14(13)19-16(12)21/h1,3,8,11H,4-7,9-10H2,(H,19,21). The highest BCUT2D eigenvalue weighted by Gasteiger charge is 2.44. The first-order chi connectivity index (χ1) is 10.2. The fourth-order valence-electron chi connectivity index (χ4n) is 3.47. The van der Waals surface area contributed by atoms with E-state index in [0.717, 1.165) is 29.7 Å². The van der Waals surface area contributed by atoms with Crippen LogP contribution in [-0.4, -0.2) is 23.1 Å². The third-order valence-electron chi connectivity index (χ3n) is 5.03. The molecule has 2 aromatic rings. The van der Waals surface area contributed by atoms with E-state index in [0.29, 0.717) is 11.0 Å². The summed E-state index contributed by atoms with van der Waals surface area (Å²) in [6.45, 7) is 1.96. The van der Waals surface area contributed by atoms with Crippen molar-refractivity contribution in [3.05, 3.63) is 34.4 Å². The van der Waals surface area contributed by atoms with Gasteiger partial charge in [-0.3, -0.25) is 9.78 Å². The zero-order chi connectivity index (χ0) is 14.4. The van der Waals surface area contributed by atoms with Gasteiger partial charge in [0.15, 0.2) is 0 Å². The zero-order valence-electron chi connectivity index (χ0n) is 11.9. The maximum atomic E-state index is 12.2. The van der Waals surface area contributed by atoms with Crippen molar-refractivity contribution in [3.63, 3.8) is 0 Å². The normalized spacial score (nSPS) is 19.7. The fourth-order valence-corrected chi connectivity index (χ4v) is 3.47. The molecule has 2 aromatic heterocycles. The Kier molecular flexibility index (Phi) is 2.58. The van der Waals surface area contributed by atoms with Crippen molar-refractivity contribution in [1.82, 2.24) is 9.97 Å². The van der Waals surface area contributed by atoms with Gasteiger partial charge in [-0.05, 0) is 37.2 Å². The van der Waals surface area contributed by atoms with E-state index in [9.17, 15) is 4.79 Å². The van der Waals surface area contributed by atoms with E-state index in [-0.39, 0.29) is 5.56 Å². The lowest BCUT2D eigenvalue weighted by Gasteiger charge is -2.34. The molecule has 0 amide bonds. The van der Waals surface area contributed by atoms with Crippen LogP contribution >= 0.6 is 0 Å². The molecule has 4 nitrogen and oxygen atoms in total. The number of aromatic nitrogens is 2. The lowest BCUT2D eigenvalue weighted by molar-refractivity contribution is 0.385. The minimum absolute atomic E-state index is 0.195. The van der Waals surface area contributed by atoms with Crippen LogP contribution in [0.25, 0.3) is 10.9 Å². The van der Waals surface area contributed by atoms with Gasteiger partial charge in [-0.25, -0.2) is 0 Å². The van der Waals surface area contributed by atoms with Crippen LogP contribution in [0.5, 0.6) is 0 Å². The number of anilines is 1. The molecule has 1 aliphatic carbocycles. The van der Waals surface area contributed by atoms with Gasteiger partial charge in [-0.2, -0.15) is 0 Å². The molecular weight excluding hydrogens is 262 g/mol. The lowest BCUT2D eigenvalue weighted by Crippen LogP contribution is -2.36. The highest BCUT2D eigenvalue weighted by Crippen LogP contribution is 2.54. The first-order valence-corrected chi connectivity index (χ1v) is 7.44. The van der Waals surface area contributed by atoms with Gasteiger partial charge in [0.2, 0.25) is 0 Å². The van der Waals surface area contributed by atoms with Gasteiger partial charge in [0.05, 0.1) is 17.4 Å². The summed E-state index contributed by atoms with van der Waals surface area (Å²) in [5.74, 6) is 2.58. The molecule has 2 fully saturated rings. The Labute approximate surface area is 123 Å². The van der Waals surface area contributed by atoms with E-state index in [2.05, 4.69) is 20.8 Å². The molecule has 4 rings (SSSR count). The van der Waals surface area contributed by atoms with E-state index in [4.69, 9.17) is 6.42 Å². The van der Waals surface area contributed by atoms with Gasteiger partial charge in [0, 0.05) is 24.7 Å². The number of terminal acetylenes is 1. The Hall–Kier alpha value is -2.28. The molecule has 0 bridgehead atoms. The summed E-state index contributed by atoms with van der Waals surface area (Å²) in [6, 6.07) is 1.93. The second kappa shape index (κ2) is 4.36. The molecule has 0 unspecified atom stereocenters. The Morgan fingerprint density at radius 1 is 1.29 bits per heavy atom.